The molecule has 1 aromatic heterocycles. The first-order valence-electron chi connectivity index (χ1n) is 9.68. The van der Waals surface area contributed by atoms with E-state index in [9.17, 15) is 9.59 Å². The molecule has 2 aliphatic rings. The Bertz CT molecular complexity index is 610. The van der Waals surface area contributed by atoms with Crippen molar-refractivity contribution < 1.29 is 9.59 Å². The van der Waals surface area contributed by atoms with E-state index < -0.39 is 0 Å². The zero-order valence-electron chi connectivity index (χ0n) is 16.1. The number of nitrogens with zero attached hydrogens (tertiary/aromatic N) is 1. The van der Waals surface area contributed by atoms with Crippen molar-refractivity contribution in [3.05, 3.63) is 22.4 Å². The van der Waals surface area contributed by atoms with Crippen LogP contribution in [0, 0.1) is 5.41 Å². The molecule has 2 atom stereocenters. The van der Waals surface area contributed by atoms with Gasteiger partial charge in [0.25, 0.3) is 0 Å². The number of piperidine rings is 2. The number of rotatable bonds is 5. The van der Waals surface area contributed by atoms with Gasteiger partial charge in [-0.25, -0.2) is 0 Å². The maximum atomic E-state index is 12.4. The molecule has 3 rings (SSSR count). The Balaban J connectivity index is 1.53. The van der Waals surface area contributed by atoms with Crippen LogP contribution in [0.25, 0.3) is 0 Å². The Morgan fingerprint density at radius 2 is 1.92 bits per heavy atom. The van der Waals surface area contributed by atoms with Gasteiger partial charge in [0.15, 0.2) is 0 Å². The Hall–Kier alpha value is -1.40. The third-order valence-electron chi connectivity index (χ3n) is 5.51. The molecule has 3 heterocycles. The van der Waals surface area contributed by atoms with E-state index in [1.807, 2.05) is 38.3 Å². The largest absolute Gasteiger partial charge is 0.353 e. The number of hydrogen-bond acceptors (Lipinski definition) is 4. The monoisotopic (exact) mass is 377 g/mol. The molecule has 0 aromatic carbocycles. The van der Waals surface area contributed by atoms with Crippen LogP contribution in [0.1, 0.15) is 57.8 Å². The summed E-state index contributed by atoms with van der Waals surface area (Å²) >= 11 is 1.67. The zero-order chi connectivity index (χ0) is 18.7. The smallest absolute Gasteiger partial charge is 0.234 e. The number of carbonyl (C=O) groups is 2. The minimum atomic E-state index is -0.353. The Morgan fingerprint density at radius 1 is 1.23 bits per heavy atom. The van der Waals surface area contributed by atoms with E-state index in [2.05, 4.69) is 15.5 Å². The lowest BCUT2D eigenvalue weighted by Crippen LogP contribution is -2.59. The van der Waals surface area contributed by atoms with E-state index >= 15 is 0 Å². The molecule has 26 heavy (non-hydrogen) atoms. The summed E-state index contributed by atoms with van der Waals surface area (Å²) in [5.74, 6) is 0.232. The number of carbonyl (C=O) groups excluding carboxylic acids is 2. The summed E-state index contributed by atoms with van der Waals surface area (Å²) in [5, 5.41) is 8.32. The van der Waals surface area contributed by atoms with Crippen molar-refractivity contribution in [2.24, 2.45) is 5.41 Å². The molecule has 2 unspecified atom stereocenters. The molecule has 2 saturated heterocycles. The predicted octanol–water partition coefficient (Wildman–Crippen LogP) is 2.91. The maximum Gasteiger partial charge on any atom is 0.234 e. The fraction of sp³-hybridized carbons (Fsp3) is 0.700. The van der Waals surface area contributed by atoms with Gasteiger partial charge in [0, 0.05) is 28.4 Å². The van der Waals surface area contributed by atoms with E-state index in [4.69, 9.17) is 0 Å². The van der Waals surface area contributed by atoms with Gasteiger partial charge in [0.1, 0.15) is 0 Å². The topological polar surface area (TPSA) is 61.4 Å². The Kier molecular flexibility index (Phi) is 6.03. The molecule has 5 nitrogen and oxygen atoms in total. The average molecular weight is 378 g/mol. The van der Waals surface area contributed by atoms with Crippen LogP contribution in [0.2, 0.25) is 0 Å². The molecule has 1 aromatic rings. The second-order valence-electron chi connectivity index (χ2n) is 8.66. The fourth-order valence-electron chi connectivity index (χ4n) is 4.08. The first kappa shape index (κ1) is 19.4. The molecular weight excluding hydrogens is 346 g/mol. The van der Waals surface area contributed by atoms with Crippen molar-refractivity contribution >= 4 is 23.2 Å². The van der Waals surface area contributed by atoms with Crippen molar-refractivity contribution in [1.82, 2.24) is 15.5 Å². The second-order valence-corrected chi connectivity index (χ2v) is 9.69. The summed E-state index contributed by atoms with van der Waals surface area (Å²) in [6, 6.07) is 5.10. The summed E-state index contributed by atoms with van der Waals surface area (Å²) in [6.07, 6.45) is 5.38. The van der Waals surface area contributed by atoms with E-state index in [1.54, 1.807) is 11.3 Å². The highest BCUT2D eigenvalue weighted by Gasteiger charge is 2.40. The molecule has 2 amide bonds. The molecule has 2 bridgehead atoms. The van der Waals surface area contributed by atoms with Gasteiger partial charge in [-0.3, -0.25) is 14.5 Å². The lowest BCUT2D eigenvalue weighted by molar-refractivity contribution is -0.131. The first-order chi connectivity index (χ1) is 12.3. The third-order valence-corrected chi connectivity index (χ3v) is 6.38. The van der Waals surface area contributed by atoms with Gasteiger partial charge in [0.2, 0.25) is 11.8 Å². The van der Waals surface area contributed by atoms with Crippen LogP contribution in [0.4, 0.5) is 0 Å². The van der Waals surface area contributed by atoms with E-state index in [0.29, 0.717) is 25.2 Å². The SMILES string of the molecule is CC(C)(C)C(=O)NC1CC2CCCC(C1)N2CC(=O)NCc1cccs1. The summed E-state index contributed by atoms with van der Waals surface area (Å²) < 4.78 is 0. The predicted molar refractivity (Wildman–Crippen MR) is 105 cm³/mol. The quantitative estimate of drug-likeness (QED) is 0.829. The van der Waals surface area contributed by atoms with Crippen LogP contribution in [-0.4, -0.2) is 41.4 Å². The molecule has 0 aliphatic carbocycles. The standard InChI is InChI=1S/C20H31N3O2S/c1-20(2,3)19(25)22-14-10-15-6-4-7-16(11-14)23(15)13-18(24)21-12-17-8-5-9-26-17/h5,8-9,14-16H,4,6-7,10-13H2,1-3H3,(H,21,24)(H,22,25). The van der Waals surface area contributed by atoms with Crippen molar-refractivity contribution in [2.45, 2.75) is 77.5 Å². The van der Waals surface area contributed by atoms with Gasteiger partial charge in [-0.15, -0.1) is 11.3 Å². The van der Waals surface area contributed by atoms with Gasteiger partial charge >= 0.3 is 0 Å². The summed E-state index contributed by atoms with van der Waals surface area (Å²) in [6.45, 7) is 6.95. The lowest BCUT2D eigenvalue weighted by Gasteiger charge is -2.49. The highest BCUT2D eigenvalue weighted by molar-refractivity contribution is 7.09. The minimum Gasteiger partial charge on any atom is -0.353 e. The average Bonchev–Trinajstić information content (AvgIpc) is 3.06. The maximum absolute atomic E-state index is 12.4. The van der Waals surface area contributed by atoms with Crippen molar-refractivity contribution in [3.63, 3.8) is 0 Å². The van der Waals surface area contributed by atoms with Gasteiger partial charge in [-0.1, -0.05) is 33.3 Å². The van der Waals surface area contributed by atoms with Gasteiger partial charge in [-0.05, 0) is 37.1 Å². The molecule has 2 fully saturated rings. The van der Waals surface area contributed by atoms with E-state index in [1.165, 1.54) is 11.3 Å². The highest BCUT2D eigenvalue weighted by atomic mass is 32.1. The van der Waals surface area contributed by atoms with Crippen LogP contribution >= 0.6 is 11.3 Å². The van der Waals surface area contributed by atoms with Gasteiger partial charge < -0.3 is 10.6 Å². The Labute approximate surface area is 160 Å². The number of nitrogens with one attached hydrogen (secondary N) is 2. The number of hydrogen-bond donors (Lipinski definition) is 2. The summed E-state index contributed by atoms with van der Waals surface area (Å²) in [5.41, 5.74) is -0.353. The first-order valence-corrected chi connectivity index (χ1v) is 10.6. The normalized spacial score (nSPS) is 26.3. The molecule has 0 radical (unpaired) electrons. The van der Waals surface area contributed by atoms with E-state index in [0.717, 1.165) is 25.7 Å². The van der Waals surface area contributed by atoms with Crippen LogP contribution in [-0.2, 0) is 16.1 Å². The molecule has 2 N–H and O–H groups in total. The molecule has 2 aliphatic heterocycles. The van der Waals surface area contributed by atoms with Crippen molar-refractivity contribution in [2.75, 3.05) is 6.54 Å². The molecular formula is C20H31N3O2S. The zero-order valence-corrected chi connectivity index (χ0v) is 16.9. The highest BCUT2D eigenvalue weighted by Crippen LogP contribution is 2.34. The number of thiophene rings is 1. The van der Waals surface area contributed by atoms with Crippen LogP contribution in [0.3, 0.4) is 0 Å². The minimum absolute atomic E-state index is 0.104. The van der Waals surface area contributed by atoms with Crippen LogP contribution < -0.4 is 10.6 Å². The molecule has 6 heteroatoms. The fourth-order valence-corrected chi connectivity index (χ4v) is 4.72. The lowest BCUT2D eigenvalue weighted by atomic mass is 9.81. The van der Waals surface area contributed by atoms with E-state index in [-0.39, 0.29) is 23.3 Å². The van der Waals surface area contributed by atoms with Gasteiger partial charge in [-0.2, -0.15) is 0 Å². The summed E-state index contributed by atoms with van der Waals surface area (Å²) in [7, 11) is 0. The van der Waals surface area contributed by atoms with Crippen molar-refractivity contribution in [3.8, 4) is 0 Å². The third kappa shape index (κ3) is 4.86. The second kappa shape index (κ2) is 8.09. The van der Waals surface area contributed by atoms with Crippen LogP contribution in [0.15, 0.2) is 17.5 Å². The molecule has 0 saturated carbocycles. The Morgan fingerprint density at radius 3 is 2.50 bits per heavy atom. The number of fused-ring (bicyclic) bond motifs is 2. The van der Waals surface area contributed by atoms with Crippen molar-refractivity contribution in [1.29, 1.82) is 0 Å². The van der Waals surface area contributed by atoms with Gasteiger partial charge in [0.05, 0.1) is 13.1 Å². The molecule has 144 valence electrons. The molecule has 0 spiro atoms. The summed E-state index contributed by atoms with van der Waals surface area (Å²) in [4.78, 5) is 28.3. The van der Waals surface area contributed by atoms with Crippen LogP contribution in [0.5, 0.6) is 0 Å². The number of amides is 2.